The lowest BCUT2D eigenvalue weighted by atomic mass is 10.0. The van der Waals surface area contributed by atoms with Gasteiger partial charge in [-0.1, -0.05) is 13.0 Å². The van der Waals surface area contributed by atoms with Gasteiger partial charge in [-0.2, -0.15) is 0 Å². The summed E-state index contributed by atoms with van der Waals surface area (Å²) in [6.45, 7) is 12.0. The Balaban J connectivity index is 2.01. The van der Waals surface area contributed by atoms with Gasteiger partial charge in [0.05, 0.1) is 5.69 Å². The minimum Gasteiger partial charge on any atom is -0.357 e. The van der Waals surface area contributed by atoms with E-state index < -0.39 is 0 Å². The molecule has 3 heteroatoms. The van der Waals surface area contributed by atoms with Crippen LogP contribution in [-0.4, -0.2) is 23.6 Å². The summed E-state index contributed by atoms with van der Waals surface area (Å²) in [5, 5.41) is 3.51. The zero-order chi connectivity index (χ0) is 14.6. The number of hydrogen-bond acceptors (Lipinski definition) is 3. The third-order valence-corrected chi connectivity index (χ3v) is 3.93. The summed E-state index contributed by atoms with van der Waals surface area (Å²) in [7, 11) is 0. The highest BCUT2D eigenvalue weighted by atomic mass is 15.2. The molecule has 1 aliphatic rings. The fraction of sp³-hybridized carbons (Fsp3) is 0.706. The standard InChI is InChI=1S/C17H29N3/c1-14-7-6-11-20(12-10-14)16-9-5-8-15(19-16)13-18-17(2,3)4/h5,8-9,14,18H,6-7,10-13H2,1-4H3. The predicted molar refractivity (Wildman–Crippen MR) is 86.1 cm³/mol. The molecule has 1 atom stereocenters. The van der Waals surface area contributed by atoms with Gasteiger partial charge in [0.2, 0.25) is 0 Å². The molecule has 3 nitrogen and oxygen atoms in total. The van der Waals surface area contributed by atoms with Gasteiger partial charge in [-0.3, -0.25) is 0 Å². The van der Waals surface area contributed by atoms with Crippen LogP contribution in [0.1, 0.15) is 52.7 Å². The average Bonchev–Trinajstić information content (AvgIpc) is 2.61. The molecular weight excluding hydrogens is 246 g/mol. The number of rotatable bonds is 3. The third-order valence-electron chi connectivity index (χ3n) is 3.93. The van der Waals surface area contributed by atoms with Crippen LogP contribution in [0, 0.1) is 5.92 Å². The zero-order valence-electron chi connectivity index (χ0n) is 13.4. The molecule has 2 heterocycles. The Morgan fingerprint density at radius 3 is 2.80 bits per heavy atom. The van der Waals surface area contributed by atoms with Crippen LogP contribution in [0.25, 0.3) is 0 Å². The van der Waals surface area contributed by atoms with E-state index >= 15 is 0 Å². The van der Waals surface area contributed by atoms with E-state index in [0.717, 1.165) is 37.1 Å². The molecule has 0 amide bonds. The van der Waals surface area contributed by atoms with Gasteiger partial charge in [0.15, 0.2) is 0 Å². The Hall–Kier alpha value is -1.09. The summed E-state index contributed by atoms with van der Waals surface area (Å²) in [4.78, 5) is 7.28. The zero-order valence-corrected chi connectivity index (χ0v) is 13.4. The molecule has 0 bridgehead atoms. The maximum absolute atomic E-state index is 4.83. The minimum absolute atomic E-state index is 0.135. The number of aromatic nitrogens is 1. The van der Waals surface area contributed by atoms with Crippen molar-refractivity contribution in [1.29, 1.82) is 0 Å². The van der Waals surface area contributed by atoms with Crippen LogP contribution < -0.4 is 10.2 Å². The second-order valence-electron chi connectivity index (χ2n) is 7.11. The fourth-order valence-electron chi connectivity index (χ4n) is 2.59. The summed E-state index contributed by atoms with van der Waals surface area (Å²) in [6.07, 6.45) is 3.92. The van der Waals surface area contributed by atoms with Crippen molar-refractivity contribution < 1.29 is 0 Å². The van der Waals surface area contributed by atoms with Crippen LogP contribution in [0.2, 0.25) is 0 Å². The van der Waals surface area contributed by atoms with Gasteiger partial charge in [0.1, 0.15) is 5.82 Å². The van der Waals surface area contributed by atoms with Crippen molar-refractivity contribution in [1.82, 2.24) is 10.3 Å². The molecule has 1 saturated heterocycles. The smallest absolute Gasteiger partial charge is 0.128 e. The molecular formula is C17H29N3. The number of nitrogens with zero attached hydrogens (tertiary/aromatic N) is 2. The van der Waals surface area contributed by atoms with Crippen molar-refractivity contribution in [3.63, 3.8) is 0 Å². The predicted octanol–water partition coefficient (Wildman–Crippen LogP) is 3.60. The molecule has 1 N–H and O–H groups in total. The van der Waals surface area contributed by atoms with Crippen molar-refractivity contribution in [2.24, 2.45) is 5.92 Å². The summed E-state index contributed by atoms with van der Waals surface area (Å²) in [5.41, 5.74) is 1.27. The second-order valence-corrected chi connectivity index (χ2v) is 7.11. The molecule has 1 unspecified atom stereocenters. The van der Waals surface area contributed by atoms with E-state index in [2.05, 4.69) is 56.1 Å². The first-order valence-corrected chi connectivity index (χ1v) is 7.90. The second kappa shape index (κ2) is 6.57. The van der Waals surface area contributed by atoms with E-state index in [9.17, 15) is 0 Å². The van der Waals surface area contributed by atoms with Gasteiger partial charge in [0, 0.05) is 25.2 Å². The fourth-order valence-corrected chi connectivity index (χ4v) is 2.59. The SMILES string of the molecule is CC1CCCN(c2cccc(CNC(C)(C)C)n2)CC1. The van der Waals surface area contributed by atoms with E-state index in [1.54, 1.807) is 0 Å². The molecule has 1 aromatic heterocycles. The molecule has 0 aromatic carbocycles. The Morgan fingerprint density at radius 1 is 1.25 bits per heavy atom. The molecule has 20 heavy (non-hydrogen) atoms. The molecule has 1 fully saturated rings. The van der Waals surface area contributed by atoms with Gasteiger partial charge < -0.3 is 10.2 Å². The molecule has 112 valence electrons. The summed E-state index contributed by atoms with van der Waals surface area (Å²) in [6, 6.07) is 6.40. The molecule has 0 saturated carbocycles. The van der Waals surface area contributed by atoms with Crippen LogP contribution in [0.5, 0.6) is 0 Å². The number of hydrogen-bond donors (Lipinski definition) is 1. The Labute approximate surface area is 123 Å². The monoisotopic (exact) mass is 275 g/mol. The Bertz CT molecular complexity index is 422. The van der Waals surface area contributed by atoms with Gasteiger partial charge in [-0.05, 0) is 58.1 Å². The van der Waals surface area contributed by atoms with E-state index in [0.29, 0.717) is 0 Å². The van der Waals surface area contributed by atoms with Crippen LogP contribution in [0.3, 0.4) is 0 Å². The lowest BCUT2D eigenvalue weighted by molar-refractivity contribution is 0.421. The summed E-state index contributed by atoms with van der Waals surface area (Å²) >= 11 is 0. The maximum atomic E-state index is 4.83. The van der Waals surface area contributed by atoms with Crippen molar-refractivity contribution in [2.75, 3.05) is 18.0 Å². The summed E-state index contributed by atoms with van der Waals surface area (Å²) < 4.78 is 0. The lowest BCUT2D eigenvalue weighted by Crippen LogP contribution is -2.35. The number of pyridine rings is 1. The molecule has 0 aliphatic carbocycles. The molecule has 1 aromatic rings. The normalized spacial score (nSPS) is 20.8. The van der Waals surface area contributed by atoms with Gasteiger partial charge in [0.25, 0.3) is 0 Å². The van der Waals surface area contributed by atoms with Crippen LogP contribution in [0.15, 0.2) is 18.2 Å². The van der Waals surface area contributed by atoms with Crippen molar-refractivity contribution in [3.05, 3.63) is 23.9 Å². The van der Waals surface area contributed by atoms with E-state index in [4.69, 9.17) is 4.98 Å². The van der Waals surface area contributed by atoms with Crippen molar-refractivity contribution in [3.8, 4) is 0 Å². The lowest BCUT2D eigenvalue weighted by Gasteiger charge is -2.23. The molecule has 1 aliphatic heterocycles. The highest BCUT2D eigenvalue weighted by Gasteiger charge is 2.15. The molecule has 0 spiro atoms. The molecule has 2 rings (SSSR count). The molecule has 0 radical (unpaired) electrons. The number of nitrogens with one attached hydrogen (secondary N) is 1. The highest BCUT2D eigenvalue weighted by Crippen LogP contribution is 2.21. The Kier molecular flexibility index (Phi) is 5.03. The van der Waals surface area contributed by atoms with Crippen LogP contribution in [0.4, 0.5) is 5.82 Å². The third kappa shape index (κ3) is 4.78. The number of anilines is 1. The first-order valence-electron chi connectivity index (χ1n) is 7.90. The van der Waals surface area contributed by atoms with E-state index in [1.165, 1.54) is 19.3 Å². The Morgan fingerprint density at radius 2 is 2.05 bits per heavy atom. The van der Waals surface area contributed by atoms with E-state index in [1.807, 2.05) is 0 Å². The average molecular weight is 275 g/mol. The van der Waals surface area contributed by atoms with Crippen molar-refractivity contribution in [2.45, 2.75) is 59.0 Å². The van der Waals surface area contributed by atoms with Gasteiger partial charge >= 0.3 is 0 Å². The topological polar surface area (TPSA) is 28.2 Å². The first-order chi connectivity index (χ1) is 9.44. The van der Waals surface area contributed by atoms with Crippen LogP contribution >= 0.6 is 0 Å². The quantitative estimate of drug-likeness (QED) is 0.913. The highest BCUT2D eigenvalue weighted by molar-refractivity contribution is 5.39. The van der Waals surface area contributed by atoms with Crippen molar-refractivity contribution >= 4 is 5.82 Å². The first kappa shape index (κ1) is 15.3. The largest absolute Gasteiger partial charge is 0.357 e. The van der Waals surface area contributed by atoms with Gasteiger partial charge in [-0.15, -0.1) is 0 Å². The minimum atomic E-state index is 0.135. The van der Waals surface area contributed by atoms with E-state index in [-0.39, 0.29) is 5.54 Å². The maximum Gasteiger partial charge on any atom is 0.128 e. The van der Waals surface area contributed by atoms with Crippen LogP contribution in [-0.2, 0) is 6.54 Å². The van der Waals surface area contributed by atoms with Gasteiger partial charge in [-0.25, -0.2) is 4.98 Å². The summed E-state index contributed by atoms with van der Waals surface area (Å²) in [5.74, 6) is 2.00.